The van der Waals surface area contributed by atoms with Gasteiger partial charge in [-0.25, -0.2) is 0 Å². The minimum Gasteiger partial charge on any atom is -0.379 e. The van der Waals surface area contributed by atoms with Crippen LogP contribution in [0.2, 0.25) is 0 Å². The van der Waals surface area contributed by atoms with E-state index in [1.165, 1.54) is 11.1 Å². The lowest BCUT2D eigenvalue weighted by molar-refractivity contribution is -0.108. The van der Waals surface area contributed by atoms with Crippen LogP contribution in [0.4, 0.5) is 0 Å². The second-order valence-corrected chi connectivity index (χ2v) is 5.25. The van der Waals surface area contributed by atoms with Crippen LogP contribution in [0.25, 0.3) is 0 Å². The van der Waals surface area contributed by atoms with E-state index in [-0.39, 0.29) is 0 Å². The first kappa shape index (κ1) is 14.2. The maximum atomic E-state index is 10.5. The molecule has 1 atom stereocenters. The highest BCUT2D eigenvalue weighted by Gasteiger charge is 2.10. The maximum absolute atomic E-state index is 10.5. The smallest absolute Gasteiger partial charge is 0.120 e. The van der Waals surface area contributed by atoms with Crippen LogP contribution in [-0.2, 0) is 16.0 Å². The predicted octanol–water partition coefficient (Wildman–Crippen LogP) is 2.25. The third-order valence-corrected chi connectivity index (χ3v) is 3.82. The molecule has 0 spiro atoms. The monoisotopic (exact) mass is 261 g/mol. The second-order valence-electron chi connectivity index (χ2n) is 5.25. The number of carbonyl (C=O) groups excluding carboxylic acids is 1. The summed E-state index contributed by atoms with van der Waals surface area (Å²) in [4.78, 5) is 13.0. The molecule has 1 heterocycles. The molecule has 104 valence electrons. The molecule has 1 aliphatic rings. The molecule has 1 unspecified atom stereocenters. The Morgan fingerprint density at radius 3 is 2.58 bits per heavy atom. The van der Waals surface area contributed by atoms with Crippen molar-refractivity contribution in [3.63, 3.8) is 0 Å². The van der Waals surface area contributed by atoms with Gasteiger partial charge in [0.15, 0.2) is 0 Å². The van der Waals surface area contributed by atoms with Crippen molar-refractivity contribution in [2.75, 3.05) is 32.8 Å². The van der Waals surface area contributed by atoms with Crippen LogP contribution < -0.4 is 0 Å². The number of nitrogens with zero attached hydrogens (tertiary/aromatic N) is 1. The molecule has 0 bridgehead atoms. The normalized spacial score (nSPS) is 18.2. The topological polar surface area (TPSA) is 29.5 Å². The highest BCUT2D eigenvalue weighted by molar-refractivity contribution is 5.51. The Morgan fingerprint density at radius 1 is 1.26 bits per heavy atom. The van der Waals surface area contributed by atoms with E-state index >= 15 is 0 Å². The van der Waals surface area contributed by atoms with Gasteiger partial charge in [0, 0.05) is 26.1 Å². The molecule has 0 aromatic heterocycles. The van der Waals surface area contributed by atoms with Crippen LogP contribution in [0.5, 0.6) is 0 Å². The van der Waals surface area contributed by atoms with Crippen LogP contribution in [0.1, 0.15) is 30.4 Å². The zero-order chi connectivity index (χ0) is 13.5. The Morgan fingerprint density at radius 2 is 1.95 bits per heavy atom. The molecule has 2 rings (SSSR count). The lowest BCUT2D eigenvalue weighted by Crippen LogP contribution is -2.37. The van der Waals surface area contributed by atoms with Crippen LogP contribution in [-0.4, -0.2) is 44.0 Å². The molecule has 0 amide bonds. The van der Waals surface area contributed by atoms with E-state index in [1.54, 1.807) is 0 Å². The zero-order valence-corrected chi connectivity index (χ0v) is 11.7. The first-order chi connectivity index (χ1) is 9.29. The summed E-state index contributed by atoms with van der Waals surface area (Å²) in [7, 11) is 0. The van der Waals surface area contributed by atoms with Crippen molar-refractivity contribution in [2.45, 2.75) is 25.7 Å². The lowest BCUT2D eigenvalue weighted by atomic mass is 9.97. The Hall–Kier alpha value is -1.19. The third-order valence-electron chi connectivity index (χ3n) is 3.82. The van der Waals surface area contributed by atoms with E-state index in [1.807, 2.05) is 0 Å². The van der Waals surface area contributed by atoms with Gasteiger partial charge in [-0.1, -0.05) is 31.2 Å². The largest absolute Gasteiger partial charge is 0.379 e. The Balaban J connectivity index is 1.82. The molecule has 1 aromatic carbocycles. The molecular weight excluding hydrogens is 238 g/mol. The van der Waals surface area contributed by atoms with Gasteiger partial charge in [0.1, 0.15) is 6.29 Å². The molecule has 3 heteroatoms. The Labute approximate surface area is 115 Å². The molecule has 19 heavy (non-hydrogen) atoms. The van der Waals surface area contributed by atoms with E-state index in [2.05, 4.69) is 36.1 Å². The molecule has 0 saturated carbocycles. The van der Waals surface area contributed by atoms with E-state index in [9.17, 15) is 4.79 Å². The summed E-state index contributed by atoms with van der Waals surface area (Å²) in [5.74, 6) is 0.325. The number of ether oxygens (including phenoxy) is 1. The van der Waals surface area contributed by atoms with Gasteiger partial charge in [-0.15, -0.1) is 0 Å². The molecular formula is C16H23NO2. The van der Waals surface area contributed by atoms with Gasteiger partial charge in [0.05, 0.1) is 13.2 Å². The molecule has 0 N–H and O–H groups in total. The molecule has 0 aliphatic carbocycles. The number of aldehydes is 1. The van der Waals surface area contributed by atoms with Crippen LogP contribution in [0.3, 0.4) is 0 Å². The number of morpholine rings is 1. The van der Waals surface area contributed by atoms with Gasteiger partial charge in [-0.05, 0) is 23.5 Å². The Kier molecular flexibility index (Phi) is 5.55. The van der Waals surface area contributed by atoms with E-state index in [0.29, 0.717) is 12.3 Å². The van der Waals surface area contributed by atoms with Crippen molar-refractivity contribution in [3.8, 4) is 0 Å². The Bertz CT molecular complexity index is 382. The van der Waals surface area contributed by atoms with Crippen molar-refractivity contribution in [1.29, 1.82) is 0 Å². The highest BCUT2D eigenvalue weighted by atomic mass is 16.5. The number of hydrogen-bond acceptors (Lipinski definition) is 3. The fourth-order valence-electron chi connectivity index (χ4n) is 2.41. The molecule has 1 aliphatic heterocycles. The standard InChI is InChI=1S/C16H23NO2/c1-14(7-11-18)16-4-2-15(3-5-16)6-8-17-9-12-19-13-10-17/h2-5,11,14H,6-10,12-13H2,1H3. The van der Waals surface area contributed by atoms with E-state index in [0.717, 1.165) is 45.6 Å². The maximum Gasteiger partial charge on any atom is 0.120 e. The SMILES string of the molecule is CC(CC=O)c1ccc(CCN2CCOCC2)cc1. The van der Waals surface area contributed by atoms with Gasteiger partial charge < -0.3 is 9.53 Å². The summed E-state index contributed by atoms with van der Waals surface area (Å²) in [6.45, 7) is 7.02. The van der Waals surface area contributed by atoms with Crippen molar-refractivity contribution in [1.82, 2.24) is 4.90 Å². The van der Waals surface area contributed by atoms with Crippen LogP contribution in [0.15, 0.2) is 24.3 Å². The summed E-state index contributed by atoms with van der Waals surface area (Å²) < 4.78 is 5.35. The van der Waals surface area contributed by atoms with Gasteiger partial charge in [-0.2, -0.15) is 0 Å². The lowest BCUT2D eigenvalue weighted by Gasteiger charge is -2.26. The second kappa shape index (κ2) is 7.41. The van der Waals surface area contributed by atoms with Crippen molar-refractivity contribution in [2.24, 2.45) is 0 Å². The average Bonchev–Trinajstić information content (AvgIpc) is 2.47. The molecule has 1 fully saturated rings. The number of hydrogen-bond donors (Lipinski definition) is 0. The fraction of sp³-hybridized carbons (Fsp3) is 0.562. The third kappa shape index (κ3) is 4.44. The van der Waals surface area contributed by atoms with Crippen LogP contribution in [0, 0.1) is 0 Å². The van der Waals surface area contributed by atoms with Crippen molar-refractivity contribution < 1.29 is 9.53 Å². The van der Waals surface area contributed by atoms with Gasteiger partial charge in [-0.3, -0.25) is 4.90 Å². The number of carbonyl (C=O) groups is 1. The molecule has 1 saturated heterocycles. The molecule has 0 radical (unpaired) electrons. The quantitative estimate of drug-likeness (QED) is 0.736. The van der Waals surface area contributed by atoms with Crippen molar-refractivity contribution >= 4 is 6.29 Å². The summed E-state index contributed by atoms with van der Waals surface area (Å²) >= 11 is 0. The van der Waals surface area contributed by atoms with Crippen molar-refractivity contribution in [3.05, 3.63) is 35.4 Å². The van der Waals surface area contributed by atoms with E-state index < -0.39 is 0 Å². The van der Waals surface area contributed by atoms with Crippen LogP contribution >= 0.6 is 0 Å². The predicted molar refractivity (Wildman–Crippen MR) is 76.5 cm³/mol. The summed E-state index contributed by atoms with van der Waals surface area (Å²) in [6.07, 6.45) is 2.69. The van der Waals surface area contributed by atoms with Gasteiger partial charge in [0.25, 0.3) is 0 Å². The highest BCUT2D eigenvalue weighted by Crippen LogP contribution is 2.18. The average molecular weight is 261 g/mol. The van der Waals surface area contributed by atoms with Gasteiger partial charge in [0.2, 0.25) is 0 Å². The number of benzene rings is 1. The number of rotatable bonds is 6. The molecule has 1 aromatic rings. The first-order valence-electron chi connectivity index (χ1n) is 7.12. The van der Waals surface area contributed by atoms with Gasteiger partial charge >= 0.3 is 0 Å². The minimum absolute atomic E-state index is 0.325. The minimum atomic E-state index is 0.325. The summed E-state index contributed by atoms with van der Waals surface area (Å²) in [5.41, 5.74) is 2.62. The molecule has 3 nitrogen and oxygen atoms in total. The summed E-state index contributed by atoms with van der Waals surface area (Å²) in [5, 5.41) is 0. The van der Waals surface area contributed by atoms with E-state index in [4.69, 9.17) is 4.74 Å². The summed E-state index contributed by atoms with van der Waals surface area (Å²) in [6, 6.07) is 8.69. The fourth-order valence-corrected chi connectivity index (χ4v) is 2.41. The zero-order valence-electron chi connectivity index (χ0n) is 11.7. The first-order valence-corrected chi connectivity index (χ1v) is 7.12.